The van der Waals surface area contributed by atoms with E-state index in [0.29, 0.717) is 6.54 Å². The highest BCUT2D eigenvalue weighted by molar-refractivity contribution is 5.49. The van der Waals surface area contributed by atoms with Crippen LogP contribution in [0.15, 0.2) is 42.5 Å². The molecule has 106 valence electrons. The molecule has 0 spiro atoms. The van der Waals surface area contributed by atoms with Crippen molar-refractivity contribution in [1.82, 2.24) is 0 Å². The maximum Gasteiger partial charge on any atom is 0.123 e. The molecule has 2 aromatic rings. The Balaban J connectivity index is 2.26. The summed E-state index contributed by atoms with van der Waals surface area (Å²) in [4.78, 5) is 2.26. The lowest BCUT2D eigenvalue weighted by atomic mass is 10.1. The standard InChI is InChI=1S/C17H21FN2/c1-3-20(17-6-4-5-13(2)9-17)12-14-7-8-16(18)10-15(14)11-19/h4-10H,3,11-12,19H2,1-2H3. The van der Waals surface area contributed by atoms with Crippen LogP contribution in [0.3, 0.4) is 0 Å². The lowest BCUT2D eigenvalue weighted by Gasteiger charge is -2.25. The number of nitrogens with two attached hydrogens (primary N) is 1. The van der Waals surface area contributed by atoms with Gasteiger partial charge in [0.25, 0.3) is 0 Å². The van der Waals surface area contributed by atoms with E-state index in [0.717, 1.165) is 24.2 Å². The number of halogens is 1. The molecule has 20 heavy (non-hydrogen) atoms. The third-order valence-corrected chi connectivity index (χ3v) is 3.50. The number of hydrogen-bond acceptors (Lipinski definition) is 2. The molecule has 0 heterocycles. The molecule has 0 aromatic heterocycles. The molecule has 0 aliphatic rings. The average Bonchev–Trinajstić information content (AvgIpc) is 2.45. The summed E-state index contributed by atoms with van der Waals surface area (Å²) in [5.74, 6) is -0.229. The number of nitrogens with zero attached hydrogens (tertiary/aromatic N) is 1. The van der Waals surface area contributed by atoms with Gasteiger partial charge in [0.05, 0.1) is 0 Å². The van der Waals surface area contributed by atoms with E-state index in [1.165, 1.54) is 23.4 Å². The predicted octanol–water partition coefficient (Wildman–Crippen LogP) is 3.62. The zero-order valence-corrected chi connectivity index (χ0v) is 12.1. The van der Waals surface area contributed by atoms with Gasteiger partial charge in [-0.25, -0.2) is 4.39 Å². The van der Waals surface area contributed by atoms with Crippen molar-refractivity contribution in [1.29, 1.82) is 0 Å². The summed E-state index contributed by atoms with van der Waals surface area (Å²) in [7, 11) is 0. The summed E-state index contributed by atoms with van der Waals surface area (Å²) in [5.41, 5.74) is 10.1. The second-order valence-electron chi connectivity index (χ2n) is 4.97. The Morgan fingerprint density at radius 2 is 1.90 bits per heavy atom. The Morgan fingerprint density at radius 1 is 1.10 bits per heavy atom. The van der Waals surface area contributed by atoms with Crippen molar-refractivity contribution in [2.24, 2.45) is 5.73 Å². The van der Waals surface area contributed by atoms with Crippen molar-refractivity contribution in [2.45, 2.75) is 26.9 Å². The van der Waals surface area contributed by atoms with Crippen molar-refractivity contribution in [3.8, 4) is 0 Å². The summed E-state index contributed by atoms with van der Waals surface area (Å²) in [6.45, 7) is 6.20. The Bertz CT molecular complexity index is 581. The van der Waals surface area contributed by atoms with Crippen molar-refractivity contribution >= 4 is 5.69 Å². The topological polar surface area (TPSA) is 29.3 Å². The van der Waals surface area contributed by atoms with Gasteiger partial charge < -0.3 is 10.6 Å². The molecule has 0 aliphatic carbocycles. The van der Waals surface area contributed by atoms with Gasteiger partial charge in [-0.1, -0.05) is 18.2 Å². The van der Waals surface area contributed by atoms with Gasteiger partial charge in [0.2, 0.25) is 0 Å². The number of hydrogen-bond donors (Lipinski definition) is 1. The SMILES string of the molecule is CCN(Cc1ccc(F)cc1CN)c1cccc(C)c1. The van der Waals surface area contributed by atoms with Crippen LogP contribution >= 0.6 is 0 Å². The molecule has 3 heteroatoms. The molecule has 0 aliphatic heterocycles. The number of rotatable bonds is 5. The van der Waals surface area contributed by atoms with Gasteiger partial charge in [0, 0.05) is 25.3 Å². The van der Waals surface area contributed by atoms with Crippen LogP contribution in [-0.4, -0.2) is 6.54 Å². The fourth-order valence-electron chi connectivity index (χ4n) is 2.35. The van der Waals surface area contributed by atoms with Crippen molar-refractivity contribution in [3.63, 3.8) is 0 Å². The molecule has 2 nitrogen and oxygen atoms in total. The van der Waals surface area contributed by atoms with E-state index >= 15 is 0 Å². The predicted molar refractivity (Wildman–Crippen MR) is 82.2 cm³/mol. The number of anilines is 1. The highest BCUT2D eigenvalue weighted by atomic mass is 19.1. The van der Waals surface area contributed by atoms with Gasteiger partial charge in [-0.2, -0.15) is 0 Å². The van der Waals surface area contributed by atoms with E-state index in [4.69, 9.17) is 5.73 Å². The Labute approximate surface area is 120 Å². The molecule has 0 bridgehead atoms. The van der Waals surface area contributed by atoms with Crippen LogP contribution in [0.4, 0.5) is 10.1 Å². The molecule has 0 saturated heterocycles. The largest absolute Gasteiger partial charge is 0.367 e. The molecule has 0 saturated carbocycles. The summed E-state index contributed by atoms with van der Waals surface area (Å²) >= 11 is 0. The van der Waals surface area contributed by atoms with Crippen LogP contribution < -0.4 is 10.6 Å². The molecule has 0 radical (unpaired) electrons. The summed E-state index contributed by atoms with van der Waals surface area (Å²) in [6, 6.07) is 13.3. The van der Waals surface area contributed by atoms with Crippen LogP contribution in [0.25, 0.3) is 0 Å². The minimum Gasteiger partial charge on any atom is -0.367 e. The fourth-order valence-corrected chi connectivity index (χ4v) is 2.35. The second kappa shape index (κ2) is 6.53. The highest BCUT2D eigenvalue weighted by Gasteiger charge is 2.09. The third kappa shape index (κ3) is 3.36. The first-order valence-electron chi connectivity index (χ1n) is 6.93. The minimum absolute atomic E-state index is 0.229. The monoisotopic (exact) mass is 272 g/mol. The van der Waals surface area contributed by atoms with Gasteiger partial charge in [-0.05, 0) is 54.8 Å². The molecule has 0 amide bonds. The van der Waals surface area contributed by atoms with Crippen LogP contribution in [-0.2, 0) is 13.1 Å². The zero-order chi connectivity index (χ0) is 14.5. The molecule has 2 aromatic carbocycles. The van der Waals surface area contributed by atoms with Gasteiger partial charge in [0.15, 0.2) is 0 Å². The Morgan fingerprint density at radius 3 is 2.55 bits per heavy atom. The molecule has 0 atom stereocenters. The summed E-state index contributed by atoms with van der Waals surface area (Å²) in [5, 5.41) is 0. The van der Waals surface area contributed by atoms with E-state index in [1.807, 2.05) is 6.07 Å². The summed E-state index contributed by atoms with van der Waals surface area (Å²) < 4.78 is 13.3. The normalized spacial score (nSPS) is 10.6. The molecule has 0 unspecified atom stereocenters. The lowest BCUT2D eigenvalue weighted by molar-refractivity contribution is 0.623. The first kappa shape index (κ1) is 14.5. The van der Waals surface area contributed by atoms with E-state index in [9.17, 15) is 4.39 Å². The maximum absolute atomic E-state index is 13.3. The van der Waals surface area contributed by atoms with Crippen molar-refractivity contribution in [3.05, 3.63) is 65.0 Å². The zero-order valence-electron chi connectivity index (χ0n) is 12.1. The second-order valence-corrected chi connectivity index (χ2v) is 4.97. The first-order chi connectivity index (χ1) is 9.63. The quantitative estimate of drug-likeness (QED) is 0.900. The smallest absolute Gasteiger partial charge is 0.123 e. The highest BCUT2D eigenvalue weighted by Crippen LogP contribution is 2.20. The number of aryl methyl sites for hydroxylation is 1. The molecule has 2 rings (SSSR count). The maximum atomic E-state index is 13.3. The van der Waals surface area contributed by atoms with Crippen LogP contribution in [0.1, 0.15) is 23.6 Å². The van der Waals surface area contributed by atoms with E-state index in [-0.39, 0.29) is 5.82 Å². The number of benzene rings is 2. The van der Waals surface area contributed by atoms with Gasteiger partial charge in [0.1, 0.15) is 5.82 Å². The van der Waals surface area contributed by atoms with E-state index < -0.39 is 0 Å². The molecule has 2 N–H and O–H groups in total. The average molecular weight is 272 g/mol. The van der Waals surface area contributed by atoms with Crippen molar-refractivity contribution in [2.75, 3.05) is 11.4 Å². The lowest BCUT2D eigenvalue weighted by Crippen LogP contribution is -2.23. The van der Waals surface area contributed by atoms with Crippen LogP contribution in [0, 0.1) is 12.7 Å². The third-order valence-electron chi connectivity index (χ3n) is 3.50. The van der Waals surface area contributed by atoms with Gasteiger partial charge in [-0.15, -0.1) is 0 Å². The van der Waals surface area contributed by atoms with Crippen molar-refractivity contribution < 1.29 is 4.39 Å². The fraction of sp³-hybridized carbons (Fsp3) is 0.294. The molecule has 0 fully saturated rings. The molecular weight excluding hydrogens is 251 g/mol. The summed E-state index contributed by atoms with van der Waals surface area (Å²) in [6.07, 6.45) is 0. The van der Waals surface area contributed by atoms with Gasteiger partial charge in [-0.3, -0.25) is 0 Å². The van der Waals surface area contributed by atoms with Crippen LogP contribution in [0.2, 0.25) is 0 Å². The van der Waals surface area contributed by atoms with E-state index in [1.54, 1.807) is 0 Å². The minimum atomic E-state index is -0.229. The van der Waals surface area contributed by atoms with E-state index in [2.05, 4.69) is 43.0 Å². The first-order valence-corrected chi connectivity index (χ1v) is 6.93. The van der Waals surface area contributed by atoms with Crippen LogP contribution in [0.5, 0.6) is 0 Å². The Hall–Kier alpha value is -1.87. The Kier molecular flexibility index (Phi) is 4.74. The van der Waals surface area contributed by atoms with Gasteiger partial charge >= 0.3 is 0 Å². The molecular formula is C17H21FN2.